The molecule has 0 aliphatic heterocycles. The van der Waals surface area contributed by atoms with Crippen LogP contribution in [-0.2, 0) is 65.4 Å². The summed E-state index contributed by atoms with van der Waals surface area (Å²) in [6, 6.07) is 0. The number of carbonyl (C=O) groups excluding carboxylic acids is 4. The first kappa shape index (κ1) is 79.1. The Labute approximate surface area is 492 Å². The van der Waals surface area contributed by atoms with Crippen LogP contribution in [0, 0.1) is 5.92 Å². The van der Waals surface area contributed by atoms with Crippen molar-refractivity contribution in [3.63, 3.8) is 0 Å². The van der Waals surface area contributed by atoms with Crippen LogP contribution in [0.4, 0.5) is 0 Å². The molecule has 3 N–H and O–H groups in total. The van der Waals surface area contributed by atoms with Crippen molar-refractivity contribution in [2.45, 2.75) is 329 Å². The summed E-state index contributed by atoms with van der Waals surface area (Å²) in [5, 5.41) is 10.5. The topological polar surface area (TPSA) is 237 Å². The third kappa shape index (κ3) is 56.9. The molecule has 0 radical (unpaired) electrons. The van der Waals surface area contributed by atoms with Crippen molar-refractivity contribution < 1.29 is 80.2 Å². The maximum atomic E-state index is 12.9. The van der Waals surface area contributed by atoms with Crippen molar-refractivity contribution in [2.24, 2.45) is 5.92 Å². The predicted molar refractivity (Wildman–Crippen MR) is 322 cm³/mol. The number of ether oxygens (including phenoxy) is 4. The number of rotatable bonds is 62. The van der Waals surface area contributed by atoms with E-state index in [1.807, 2.05) is 0 Å². The zero-order valence-electron chi connectivity index (χ0n) is 51.9. The van der Waals surface area contributed by atoms with Gasteiger partial charge in [-0.2, -0.15) is 0 Å². The second-order valence-electron chi connectivity index (χ2n) is 22.9. The van der Waals surface area contributed by atoms with Crippen LogP contribution in [0.3, 0.4) is 0 Å². The number of hydrogen-bond donors (Lipinski definition) is 3. The molecule has 0 aromatic heterocycles. The molecule has 0 aliphatic carbocycles. The summed E-state index contributed by atoms with van der Waals surface area (Å²) >= 11 is 0. The Balaban J connectivity index is 5.22. The van der Waals surface area contributed by atoms with E-state index in [2.05, 4.69) is 34.6 Å². The van der Waals surface area contributed by atoms with Gasteiger partial charge in [0, 0.05) is 25.7 Å². The molecule has 17 nitrogen and oxygen atoms in total. The molecule has 0 aromatic rings. The number of carbonyl (C=O) groups is 4. The molecular formula is C62H120O17P2. The van der Waals surface area contributed by atoms with Gasteiger partial charge in [-0.1, -0.05) is 259 Å². The second-order valence-corrected chi connectivity index (χ2v) is 25.8. The van der Waals surface area contributed by atoms with Gasteiger partial charge in [-0.05, 0) is 31.6 Å². The monoisotopic (exact) mass is 1200 g/mol. The van der Waals surface area contributed by atoms with E-state index in [0.29, 0.717) is 25.7 Å². The van der Waals surface area contributed by atoms with Crippen LogP contribution in [0.5, 0.6) is 0 Å². The van der Waals surface area contributed by atoms with Crippen LogP contribution in [0.25, 0.3) is 0 Å². The summed E-state index contributed by atoms with van der Waals surface area (Å²) in [4.78, 5) is 72.0. The molecule has 0 amide bonds. The first-order valence-corrected chi connectivity index (χ1v) is 35.6. The molecule has 19 heteroatoms. The van der Waals surface area contributed by atoms with Gasteiger partial charge in [0.2, 0.25) is 0 Å². The van der Waals surface area contributed by atoms with Gasteiger partial charge in [0.25, 0.3) is 0 Å². The summed E-state index contributed by atoms with van der Waals surface area (Å²) in [5.74, 6) is -1.38. The molecule has 0 saturated heterocycles. The fourth-order valence-corrected chi connectivity index (χ4v) is 10.8. The zero-order chi connectivity index (χ0) is 59.9. The van der Waals surface area contributed by atoms with Crippen molar-refractivity contribution in [2.75, 3.05) is 39.6 Å². The van der Waals surface area contributed by atoms with Gasteiger partial charge in [-0.25, -0.2) is 9.13 Å². The van der Waals surface area contributed by atoms with Crippen LogP contribution >= 0.6 is 15.6 Å². The van der Waals surface area contributed by atoms with E-state index in [0.717, 1.165) is 95.8 Å². The van der Waals surface area contributed by atoms with Crippen LogP contribution < -0.4 is 0 Å². The lowest BCUT2D eigenvalue weighted by Crippen LogP contribution is -2.30. The minimum atomic E-state index is -4.94. The highest BCUT2D eigenvalue weighted by Gasteiger charge is 2.30. The Kier molecular flexibility index (Phi) is 54.6. The Morgan fingerprint density at radius 2 is 0.568 bits per heavy atom. The standard InChI is InChI=1S/C62H120O17P2/c1-6-9-12-15-18-21-27-31-36-41-46-60(65)73-52-58(79-62(67)48-43-38-33-28-23-22-26-29-34-39-44-55(4)5)54-77-81(70,71)75-50-56(63)49-74-80(68,69)76-53-57(78-61(66)47-42-37-32-25-20-17-14-11-8-3)51-72-59(64)45-40-35-30-24-19-16-13-10-7-2/h55-58,63H,6-54H2,1-5H3,(H,68,69)(H,70,71)/t56-,57+,58+/m0/s1. The molecule has 0 heterocycles. The van der Waals surface area contributed by atoms with Gasteiger partial charge in [0.05, 0.1) is 26.4 Å². The number of unbranched alkanes of at least 4 members (excludes halogenated alkanes) is 34. The molecule has 0 aliphatic rings. The summed E-state index contributed by atoms with van der Waals surface area (Å²) in [5.41, 5.74) is 0. The van der Waals surface area contributed by atoms with E-state index in [4.69, 9.17) is 37.0 Å². The third-order valence-corrected chi connectivity index (χ3v) is 16.2. The van der Waals surface area contributed by atoms with Gasteiger partial charge in [-0.3, -0.25) is 37.3 Å². The molecule has 2 unspecified atom stereocenters. The highest BCUT2D eigenvalue weighted by atomic mass is 31.2. The van der Waals surface area contributed by atoms with Gasteiger partial charge in [0.1, 0.15) is 19.3 Å². The van der Waals surface area contributed by atoms with Gasteiger partial charge < -0.3 is 33.8 Å². The first-order chi connectivity index (χ1) is 39.0. The largest absolute Gasteiger partial charge is 0.472 e. The Morgan fingerprint density at radius 1 is 0.333 bits per heavy atom. The third-order valence-electron chi connectivity index (χ3n) is 14.3. The minimum Gasteiger partial charge on any atom is -0.462 e. The average Bonchev–Trinajstić information content (AvgIpc) is 3.43. The molecule has 0 aromatic carbocycles. The fourth-order valence-electron chi connectivity index (χ4n) is 9.23. The number of esters is 4. The second kappa shape index (κ2) is 55.9. The van der Waals surface area contributed by atoms with Crippen molar-refractivity contribution in [3.05, 3.63) is 0 Å². The summed E-state index contributed by atoms with van der Waals surface area (Å²) in [7, 11) is -9.88. The van der Waals surface area contributed by atoms with E-state index in [1.165, 1.54) is 135 Å². The normalized spacial score (nSPS) is 14.3. The summed E-state index contributed by atoms with van der Waals surface area (Å²) < 4.78 is 67.8. The molecular weight excluding hydrogens is 1080 g/mol. The van der Waals surface area contributed by atoms with Crippen molar-refractivity contribution in [1.82, 2.24) is 0 Å². The van der Waals surface area contributed by atoms with E-state index >= 15 is 0 Å². The maximum absolute atomic E-state index is 12.9. The van der Waals surface area contributed by atoms with Crippen molar-refractivity contribution >= 4 is 39.5 Å². The quantitative estimate of drug-likeness (QED) is 0.0222. The smallest absolute Gasteiger partial charge is 0.462 e. The molecule has 0 fully saturated rings. The average molecular weight is 1200 g/mol. The van der Waals surface area contributed by atoms with Crippen molar-refractivity contribution in [1.29, 1.82) is 0 Å². The molecule has 81 heavy (non-hydrogen) atoms. The highest BCUT2D eigenvalue weighted by Crippen LogP contribution is 2.45. The van der Waals surface area contributed by atoms with E-state index in [-0.39, 0.29) is 25.7 Å². The first-order valence-electron chi connectivity index (χ1n) is 32.6. The lowest BCUT2D eigenvalue weighted by Gasteiger charge is -2.21. The van der Waals surface area contributed by atoms with Crippen LogP contribution in [-0.4, -0.2) is 96.7 Å². The summed E-state index contributed by atoms with van der Waals surface area (Å²) in [6.45, 7) is 7.13. The molecule has 480 valence electrons. The Hall–Kier alpha value is -1.94. The zero-order valence-corrected chi connectivity index (χ0v) is 53.7. The van der Waals surface area contributed by atoms with Crippen LogP contribution in [0.1, 0.15) is 311 Å². The SMILES string of the molecule is CCCCCCCCCCCCC(=O)OC[C@H](COP(=O)(O)OC[C@@H](O)COP(=O)(O)OC[C@@H](COC(=O)CCCCCCCCCCC)OC(=O)CCCCCCCCCCC)OC(=O)CCCCCCCCCCCCC(C)C. The van der Waals surface area contributed by atoms with Gasteiger partial charge in [-0.15, -0.1) is 0 Å². The number of phosphoric ester groups is 2. The van der Waals surface area contributed by atoms with Gasteiger partial charge >= 0.3 is 39.5 Å². The number of hydrogen-bond acceptors (Lipinski definition) is 15. The molecule has 0 spiro atoms. The molecule has 5 atom stereocenters. The molecule has 0 bridgehead atoms. The highest BCUT2D eigenvalue weighted by molar-refractivity contribution is 7.47. The van der Waals surface area contributed by atoms with Crippen LogP contribution in [0.2, 0.25) is 0 Å². The fraction of sp³-hybridized carbons (Fsp3) is 0.935. The van der Waals surface area contributed by atoms with Crippen molar-refractivity contribution in [3.8, 4) is 0 Å². The molecule has 0 saturated carbocycles. The van der Waals surface area contributed by atoms with E-state index in [9.17, 15) is 43.2 Å². The van der Waals surface area contributed by atoms with Crippen LogP contribution in [0.15, 0.2) is 0 Å². The Bertz CT molecular complexity index is 1580. The summed E-state index contributed by atoms with van der Waals surface area (Å²) in [6.07, 6.45) is 38.9. The van der Waals surface area contributed by atoms with Gasteiger partial charge in [0.15, 0.2) is 12.2 Å². The number of aliphatic hydroxyl groups is 1. The lowest BCUT2D eigenvalue weighted by atomic mass is 10.0. The molecule has 0 rings (SSSR count). The Morgan fingerprint density at radius 3 is 0.840 bits per heavy atom. The lowest BCUT2D eigenvalue weighted by molar-refractivity contribution is -0.161. The maximum Gasteiger partial charge on any atom is 0.472 e. The number of phosphoric acid groups is 2. The predicted octanol–water partition coefficient (Wildman–Crippen LogP) is 17.0. The minimum absolute atomic E-state index is 0.106. The van der Waals surface area contributed by atoms with E-state index in [1.54, 1.807) is 0 Å². The van der Waals surface area contributed by atoms with E-state index < -0.39 is 97.5 Å². The number of aliphatic hydroxyl groups excluding tert-OH is 1.